The van der Waals surface area contributed by atoms with Crippen LogP contribution in [0.5, 0.6) is 0 Å². The van der Waals surface area contributed by atoms with Crippen molar-refractivity contribution in [2.75, 3.05) is 4.90 Å². The molecule has 2 fully saturated rings. The second-order valence-corrected chi connectivity index (χ2v) is 10.2. The second-order valence-electron chi connectivity index (χ2n) is 9.79. The van der Waals surface area contributed by atoms with Gasteiger partial charge in [0.1, 0.15) is 0 Å². The number of hydrogen-bond donors (Lipinski definition) is 0. The summed E-state index contributed by atoms with van der Waals surface area (Å²) in [7, 11) is 0. The number of anilines is 1. The number of Topliss-reactive ketones (excluding diaryl/α,β-unsaturated/α-hetero) is 2. The van der Waals surface area contributed by atoms with E-state index in [0.29, 0.717) is 16.3 Å². The lowest BCUT2D eigenvalue weighted by atomic mass is 9.77. The van der Waals surface area contributed by atoms with E-state index in [9.17, 15) is 19.2 Å². The number of rotatable bonds is 3. The lowest BCUT2D eigenvalue weighted by Gasteiger charge is -2.27. The highest BCUT2D eigenvalue weighted by molar-refractivity contribution is 6.37. The van der Waals surface area contributed by atoms with E-state index < -0.39 is 46.9 Å². The van der Waals surface area contributed by atoms with E-state index in [-0.39, 0.29) is 17.0 Å². The molecule has 2 heterocycles. The van der Waals surface area contributed by atoms with Gasteiger partial charge >= 0.3 is 0 Å². The number of halogens is 1. The lowest BCUT2D eigenvalue weighted by Crippen LogP contribution is -2.51. The smallest absolute Gasteiger partial charge is 0.241 e. The molecule has 0 bridgehead atoms. The van der Waals surface area contributed by atoms with Crippen LogP contribution in [0.4, 0.5) is 5.69 Å². The molecule has 6 nitrogen and oxygen atoms in total. The number of ketones is 2. The third-order valence-electron chi connectivity index (χ3n) is 7.54. The zero-order valence-electron chi connectivity index (χ0n) is 19.6. The molecule has 180 valence electrons. The van der Waals surface area contributed by atoms with Crippen LogP contribution in [0, 0.1) is 11.8 Å². The molecular formula is C29H22ClNO5. The number of carbonyl (C=O) groups is 4. The molecule has 0 radical (unpaired) electrons. The molecule has 0 N–H and O–H groups in total. The Balaban J connectivity index is 1.51. The predicted molar refractivity (Wildman–Crippen MR) is 133 cm³/mol. The minimum Gasteiger partial charge on any atom is -0.349 e. The minimum absolute atomic E-state index is 0.206. The van der Waals surface area contributed by atoms with E-state index in [1.54, 1.807) is 60.7 Å². The Morgan fingerprint density at radius 3 is 1.94 bits per heavy atom. The molecule has 3 aromatic carbocycles. The summed E-state index contributed by atoms with van der Waals surface area (Å²) in [6.07, 6.45) is -0.967. The highest BCUT2D eigenvalue weighted by atomic mass is 35.5. The average molecular weight is 500 g/mol. The molecule has 1 spiro atoms. The molecule has 1 aliphatic carbocycles. The molecule has 36 heavy (non-hydrogen) atoms. The quantitative estimate of drug-likeness (QED) is 0.367. The van der Waals surface area contributed by atoms with Crippen molar-refractivity contribution in [2.24, 2.45) is 11.8 Å². The van der Waals surface area contributed by atoms with Gasteiger partial charge in [-0.15, -0.1) is 0 Å². The van der Waals surface area contributed by atoms with Gasteiger partial charge in [0, 0.05) is 16.1 Å². The minimum atomic E-state index is -2.09. The maximum absolute atomic E-state index is 14.0. The molecule has 6 rings (SSSR count). The van der Waals surface area contributed by atoms with E-state index in [2.05, 4.69) is 13.8 Å². The first kappa shape index (κ1) is 22.8. The van der Waals surface area contributed by atoms with Gasteiger partial charge in [-0.2, -0.15) is 0 Å². The first-order valence-electron chi connectivity index (χ1n) is 11.9. The van der Waals surface area contributed by atoms with Gasteiger partial charge < -0.3 is 4.74 Å². The number of ether oxygens (including phenoxy) is 1. The van der Waals surface area contributed by atoms with Gasteiger partial charge in [-0.25, -0.2) is 4.90 Å². The summed E-state index contributed by atoms with van der Waals surface area (Å²) in [5, 5.41) is 0.490. The Labute approximate surface area is 212 Å². The Kier molecular flexibility index (Phi) is 5.04. The monoisotopic (exact) mass is 499 g/mol. The van der Waals surface area contributed by atoms with E-state index >= 15 is 0 Å². The van der Waals surface area contributed by atoms with Gasteiger partial charge in [0.2, 0.25) is 29.0 Å². The first-order chi connectivity index (χ1) is 17.3. The molecule has 7 heteroatoms. The summed E-state index contributed by atoms with van der Waals surface area (Å²) in [6, 6.07) is 20.3. The molecule has 0 unspecified atom stereocenters. The van der Waals surface area contributed by atoms with E-state index in [1.165, 1.54) is 0 Å². The third kappa shape index (κ3) is 2.95. The van der Waals surface area contributed by atoms with Crippen molar-refractivity contribution >= 4 is 40.7 Å². The van der Waals surface area contributed by atoms with Crippen LogP contribution < -0.4 is 4.90 Å². The van der Waals surface area contributed by atoms with Crippen LogP contribution in [0.1, 0.15) is 57.7 Å². The summed E-state index contributed by atoms with van der Waals surface area (Å²) < 4.78 is 6.27. The van der Waals surface area contributed by atoms with Gasteiger partial charge in [-0.1, -0.05) is 74.0 Å². The predicted octanol–water partition coefficient (Wildman–Crippen LogP) is 5.16. The maximum Gasteiger partial charge on any atom is 0.241 e. The van der Waals surface area contributed by atoms with Crippen molar-refractivity contribution < 1.29 is 23.9 Å². The first-order valence-corrected chi connectivity index (χ1v) is 12.2. The second kappa shape index (κ2) is 7.95. The molecule has 2 aliphatic heterocycles. The summed E-state index contributed by atoms with van der Waals surface area (Å²) in [6.45, 7) is 4.11. The third-order valence-corrected chi connectivity index (χ3v) is 7.79. The average Bonchev–Trinajstić information content (AvgIpc) is 3.44. The van der Waals surface area contributed by atoms with Gasteiger partial charge in [0.15, 0.2) is 0 Å². The van der Waals surface area contributed by atoms with E-state index in [1.807, 2.05) is 12.1 Å². The van der Waals surface area contributed by atoms with Gasteiger partial charge in [0.25, 0.3) is 0 Å². The van der Waals surface area contributed by atoms with Crippen molar-refractivity contribution in [3.63, 3.8) is 0 Å². The molecule has 3 aliphatic rings. The van der Waals surface area contributed by atoms with Crippen LogP contribution in [0.3, 0.4) is 0 Å². The molecule has 0 aromatic heterocycles. The number of hydrogen-bond acceptors (Lipinski definition) is 5. The normalized spacial score (nSPS) is 24.2. The van der Waals surface area contributed by atoms with Crippen molar-refractivity contribution in [1.82, 2.24) is 0 Å². The van der Waals surface area contributed by atoms with Crippen LogP contribution in [-0.4, -0.2) is 29.0 Å². The highest BCUT2D eigenvalue weighted by Gasteiger charge is 2.74. The summed E-state index contributed by atoms with van der Waals surface area (Å²) >= 11 is 6.07. The Morgan fingerprint density at radius 1 is 0.806 bits per heavy atom. The molecule has 3 aromatic rings. The van der Waals surface area contributed by atoms with E-state index in [0.717, 1.165) is 10.5 Å². The molecule has 3 atom stereocenters. The van der Waals surface area contributed by atoms with Gasteiger partial charge in [-0.05, 0) is 41.3 Å². The molecular weight excluding hydrogens is 478 g/mol. The summed E-state index contributed by atoms with van der Waals surface area (Å²) in [4.78, 5) is 56.5. The van der Waals surface area contributed by atoms with Gasteiger partial charge in [0.05, 0.1) is 23.6 Å². The zero-order chi connectivity index (χ0) is 25.4. The van der Waals surface area contributed by atoms with Crippen LogP contribution in [0.2, 0.25) is 5.02 Å². The summed E-state index contributed by atoms with van der Waals surface area (Å²) in [5.74, 6) is -4.28. The topological polar surface area (TPSA) is 80.8 Å². The molecule has 2 saturated heterocycles. The van der Waals surface area contributed by atoms with Crippen LogP contribution in [-0.2, 0) is 14.3 Å². The molecule has 0 saturated carbocycles. The Hall–Kier alpha value is -3.61. The van der Waals surface area contributed by atoms with Crippen molar-refractivity contribution in [3.05, 3.63) is 100 Å². The number of fused-ring (bicyclic) bond motifs is 3. The van der Waals surface area contributed by atoms with Crippen LogP contribution in [0.25, 0.3) is 0 Å². The standard InChI is InChI=1S/C29H22ClNO5/c1-15(2)16-9-13-19(14-10-16)31-27(34)22-23(28(31)35)29(36-24(22)17-7-11-18(30)12-8-17)25(32)20-5-3-4-6-21(20)26(29)33/h3-15,22-24H,1-2H3/t22-,23+,24+/m0/s1. The number of imide groups is 1. The van der Waals surface area contributed by atoms with Crippen molar-refractivity contribution in [1.29, 1.82) is 0 Å². The van der Waals surface area contributed by atoms with Crippen LogP contribution in [0.15, 0.2) is 72.8 Å². The van der Waals surface area contributed by atoms with Crippen molar-refractivity contribution in [3.8, 4) is 0 Å². The maximum atomic E-state index is 14.0. The largest absolute Gasteiger partial charge is 0.349 e. The SMILES string of the molecule is CC(C)c1ccc(N2C(=O)[C@@H]3[C@@H](c4ccc(Cl)cc4)OC4(C(=O)c5ccccc5C4=O)[C@H]3C2=O)cc1. The van der Waals surface area contributed by atoms with Crippen LogP contribution >= 0.6 is 11.6 Å². The summed E-state index contributed by atoms with van der Waals surface area (Å²) in [5.41, 5.74) is 0.368. The fourth-order valence-electron chi connectivity index (χ4n) is 5.73. The highest BCUT2D eigenvalue weighted by Crippen LogP contribution is 2.57. The fourth-order valence-corrected chi connectivity index (χ4v) is 5.86. The zero-order valence-corrected chi connectivity index (χ0v) is 20.4. The number of carbonyl (C=O) groups excluding carboxylic acids is 4. The number of amides is 2. The van der Waals surface area contributed by atoms with Crippen molar-refractivity contribution in [2.45, 2.75) is 31.5 Å². The van der Waals surface area contributed by atoms with Gasteiger partial charge in [-0.3, -0.25) is 19.2 Å². The Bertz CT molecular complexity index is 1410. The number of benzene rings is 3. The fraction of sp³-hybridized carbons (Fsp3) is 0.241. The molecule has 2 amide bonds. The Morgan fingerprint density at radius 2 is 1.39 bits per heavy atom. The number of nitrogens with zero attached hydrogens (tertiary/aromatic N) is 1. The lowest BCUT2D eigenvalue weighted by molar-refractivity contribution is -0.127. The van der Waals surface area contributed by atoms with E-state index in [4.69, 9.17) is 16.3 Å².